The van der Waals surface area contributed by atoms with Crippen molar-refractivity contribution < 1.29 is 5.11 Å². The van der Waals surface area contributed by atoms with Crippen LogP contribution in [0.15, 0.2) is 43.0 Å². The van der Waals surface area contributed by atoms with E-state index in [0.717, 1.165) is 18.4 Å². The van der Waals surface area contributed by atoms with Crippen LogP contribution < -0.4 is 0 Å². The van der Waals surface area contributed by atoms with Crippen LogP contribution in [0.2, 0.25) is 0 Å². The summed E-state index contributed by atoms with van der Waals surface area (Å²) in [5, 5.41) is 10.8. The lowest BCUT2D eigenvalue weighted by atomic mass is 9.73. The maximum Gasteiger partial charge on any atom is 0.110 e. The fourth-order valence-corrected chi connectivity index (χ4v) is 2.77. The van der Waals surface area contributed by atoms with Crippen LogP contribution in [0.25, 0.3) is 0 Å². The number of benzene rings is 1. The highest BCUT2D eigenvalue weighted by Crippen LogP contribution is 2.39. The van der Waals surface area contributed by atoms with Gasteiger partial charge in [0.05, 0.1) is 0 Å². The fourth-order valence-electron chi connectivity index (χ4n) is 2.77. The van der Waals surface area contributed by atoms with Crippen LogP contribution in [0.3, 0.4) is 0 Å². The average Bonchev–Trinajstić information content (AvgIpc) is 2.40. The molecule has 1 nitrogen and oxygen atoms in total. The average molecular weight is 216 g/mol. The lowest BCUT2D eigenvalue weighted by Gasteiger charge is -2.36. The third-order valence-electron chi connectivity index (χ3n) is 3.77. The summed E-state index contributed by atoms with van der Waals surface area (Å²) >= 11 is 0. The summed E-state index contributed by atoms with van der Waals surface area (Å²) in [6.45, 7) is 3.83. The van der Waals surface area contributed by atoms with Crippen molar-refractivity contribution >= 4 is 0 Å². The molecule has 1 aliphatic carbocycles. The molecule has 0 heterocycles. The van der Waals surface area contributed by atoms with Crippen molar-refractivity contribution in [3.8, 4) is 0 Å². The Morgan fingerprint density at radius 2 is 1.75 bits per heavy atom. The highest BCUT2D eigenvalue weighted by molar-refractivity contribution is 5.27. The van der Waals surface area contributed by atoms with E-state index in [1.54, 1.807) is 6.08 Å². The molecule has 16 heavy (non-hydrogen) atoms. The second kappa shape index (κ2) is 4.84. The Balaban J connectivity index is 2.27. The SMILES string of the molecule is C=CC(O)(c1ccccc1)C1CCCCC1. The summed E-state index contributed by atoms with van der Waals surface area (Å²) in [6.07, 6.45) is 7.70. The molecule has 0 amide bonds. The second-order valence-electron chi connectivity index (χ2n) is 4.73. The summed E-state index contributed by atoms with van der Waals surface area (Å²) in [6, 6.07) is 9.93. The standard InChI is InChI=1S/C15H20O/c1-2-15(16,13-9-5-3-6-10-13)14-11-7-4-8-12-14/h2-3,5-6,9-10,14,16H,1,4,7-8,11-12H2. The molecule has 0 spiro atoms. The first-order chi connectivity index (χ1) is 7.77. The zero-order valence-corrected chi connectivity index (χ0v) is 9.73. The largest absolute Gasteiger partial charge is 0.381 e. The van der Waals surface area contributed by atoms with Gasteiger partial charge in [-0.1, -0.05) is 62.2 Å². The summed E-state index contributed by atoms with van der Waals surface area (Å²) < 4.78 is 0. The van der Waals surface area contributed by atoms with Crippen LogP contribution >= 0.6 is 0 Å². The zero-order valence-electron chi connectivity index (χ0n) is 9.73. The maximum atomic E-state index is 10.8. The van der Waals surface area contributed by atoms with Crippen LogP contribution in [-0.4, -0.2) is 5.11 Å². The van der Waals surface area contributed by atoms with Crippen molar-refractivity contribution in [1.29, 1.82) is 0 Å². The second-order valence-corrected chi connectivity index (χ2v) is 4.73. The van der Waals surface area contributed by atoms with E-state index in [2.05, 4.69) is 6.58 Å². The Morgan fingerprint density at radius 1 is 1.12 bits per heavy atom. The van der Waals surface area contributed by atoms with Crippen LogP contribution in [0, 0.1) is 5.92 Å². The molecular formula is C15H20O. The van der Waals surface area contributed by atoms with Gasteiger partial charge < -0.3 is 5.11 Å². The van der Waals surface area contributed by atoms with Crippen molar-refractivity contribution in [3.63, 3.8) is 0 Å². The van der Waals surface area contributed by atoms with Gasteiger partial charge in [-0.05, 0) is 24.3 Å². The van der Waals surface area contributed by atoms with Crippen LogP contribution in [0.1, 0.15) is 37.7 Å². The Morgan fingerprint density at radius 3 is 2.31 bits per heavy atom. The summed E-state index contributed by atoms with van der Waals surface area (Å²) in [5.41, 5.74) is 0.152. The van der Waals surface area contributed by atoms with Gasteiger partial charge in [-0.25, -0.2) is 0 Å². The number of aliphatic hydroxyl groups is 1. The Hall–Kier alpha value is -1.08. The summed E-state index contributed by atoms with van der Waals surface area (Å²) in [7, 11) is 0. The van der Waals surface area contributed by atoms with E-state index in [9.17, 15) is 5.11 Å². The highest BCUT2D eigenvalue weighted by Gasteiger charge is 2.35. The van der Waals surface area contributed by atoms with Gasteiger partial charge in [-0.2, -0.15) is 0 Å². The highest BCUT2D eigenvalue weighted by atomic mass is 16.3. The quantitative estimate of drug-likeness (QED) is 0.765. The first-order valence-electron chi connectivity index (χ1n) is 6.19. The minimum Gasteiger partial charge on any atom is -0.381 e. The molecule has 86 valence electrons. The third-order valence-corrected chi connectivity index (χ3v) is 3.77. The minimum absolute atomic E-state index is 0.334. The first-order valence-corrected chi connectivity index (χ1v) is 6.19. The van der Waals surface area contributed by atoms with E-state index >= 15 is 0 Å². The van der Waals surface area contributed by atoms with Crippen molar-refractivity contribution in [1.82, 2.24) is 0 Å². The molecule has 1 fully saturated rings. The summed E-state index contributed by atoms with van der Waals surface area (Å²) in [4.78, 5) is 0. The van der Waals surface area contributed by atoms with Gasteiger partial charge in [-0.3, -0.25) is 0 Å². The monoisotopic (exact) mass is 216 g/mol. The van der Waals surface area contributed by atoms with Crippen molar-refractivity contribution in [3.05, 3.63) is 48.6 Å². The van der Waals surface area contributed by atoms with Gasteiger partial charge in [-0.15, -0.1) is 0 Å². The van der Waals surface area contributed by atoms with Gasteiger partial charge in [0.1, 0.15) is 5.60 Å². The van der Waals surface area contributed by atoms with E-state index in [1.165, 1.54) is 19.3 Å². The Labute approximate surface area is 97.8 Å². The molecule has 0 aliphatic heterocycles. The molecule has 1 aromatic carbocycles. The molecule has 0 aromatic heterocycles. The zero-order chi connectivity index (χ0) is 11.4. The summed E-state index contributed by atoms with van der Waals surface area (Å²) in [5.74, 6) is 0.334. The molecule has 0 saturated heterocycles. The van der Waals surface area contributed by atoms with Gasteiger partial charge in [0, 0.05) is 0 Å². The van der Waals surface area contributed by atoms with E-state index in [1.807, 2.05) is 30.3 Å². The minimum atomic E-state index is -0.832. The van der Waals surface area contributed by atoms with Gasteiger partial charge in [0.25, 0.3) is 0 Å². The van der Waals surface area contributed by atoms with E-state index in [-0.39, 0.29) is 0 Å². The normalized spacial score (nSPS) is 21.3. The lowest BCUT2D eigenvalue weighted by molar-refractivity contribution is 0.00692. The van der Waals surface area contributed by atoms with E-state index in [4.69, 9.17) is 0 Å². The number of hydrogen-bond donors (Lipinski definition) is 1. The molecule has 1 heteroatoms. The topological polar surface area (TPSA) is 20.2 Å². The van der Waals surface area contributed by atoms with Crippen molar-refractivity contribution in [2.45, 2.75) is 37.7 Å². The lowest BCUT2D eigenvalue weighted by Crippen LogP contribution is -2.34. The molecule has 1 unspecified atom stereocenters. The molecule has 1 aliphatic rings. The predicted octanol–water partition coefficient (Wildman–Crippen LogP) is 3.64. The van der Waals surface area contributed by atoms with Crippen molar-refractivity contribution in [2.75, 3.05) is 0 Å². The van der Waals surface area contributed by atoms with Crippen LogP contribution in [0.4, 0.5) is 0 Å². The van der Waals surface area contributed by atoms with Crippen LogP contribution in [-0.2, 0) is 5.60 Å². The predicted molar refractivity (Wildman–Crippen MR) is 67.1 cm³/mol. The van der Waals surface area contributed by atoms with Gasteiger partial charge in [0.15, 0.2) is 0 Å². The van der Waals surface area contributed by atoms with E-state index in [0.29, 0.717) is 5.92 Å². The molecule has 2 rings (SSSR count). The van der Waals surface area contributed by atoms with Crippen LogP contribution in [0.5, 0.6) is 0 Å². The molecule has 0 radical (unpaired) electrons. The molecule has 0 bridgehead atoms. The van der Waals surface area contributed by atoms with Crippen molar-refractivity contribution in [2.24, 2.45) is 5.92 Å². The molecule has 1 N–H and O–H groups in total. The maximum absolute atomic E-state index is 10.8. The molecular weight excluding hydrogens is 196 g/mol. The Kier molecular flexibility index (Phi) is 3.45. The smallest absolute Gasteiger partial charge is 0.110 e. The molecule has 1 atom stereocenters. The Bertz CT molecular complexity index is 338. The molecule has 1 saturated carbocycles. The van der Waals surface area contributed by atoms with E-state index < -0.39 is 5.60 Å². The number of rotatable bonds is 3. The third kappa shape index (κ3) is 2.05. The molecule has 1 aromatic rings. The fraction of sp³-hybridized carbons (Fsp3) is 0.467. The van der Waals surface area contributed by atoms with Gasteiger partial charge in [0.2, 0.25) is 0 Å². The number of hydrogen-bond acceptors (Lipinski definition) is 1. The first kappa shape index (κ1) is 11.4. The van der Waals surface area contributed by atoms with Gasteiger partial charge >= 0.3 is 0 Å².